The molecule has 8 nitrogen and oxygen atoms in total. The van der Waals surface area contributed by atoms with Gasteiger partial charge in [-0.25, -0.2) is 9.78 Å². The number of nitrogens with zero attached hydrogens (tertiary/aromatic N) is 3. The van der Waals surface area contributed by atoms with E-state index in [0.29, 0.717) is 11.4 Å². The molecule has 0 radical (unpaired) electrons. The Morgan fingerprint density at radius 1 is 1.43 bits per heavy atom. The summed E-state index contributed by atoms with van der Waals surface area (Å²) in [5.41, 5.74) is 0.559. The van der Waals surface area contributed by atoms with Gasteiger partial charge in [-0.05, 0) is 19.1 Å². The predicted molar refractivity (Wildman–Crippen MR) is 73.2 cm³/mol. The third-order valence-electron chi connectivity index (χ3n) is 2.65. The monoisotopic (exact) mass is 287 g/mol. The fourth-order valence-electron chi connectivity index (χ4n) is 1.66. The van der Waals surface area contributed by atoms with Gasteiger partial charge < -0.3 is 10.4 Å². The molecule has 108 valence electrons. The topological polar surface area (TPSA) is 121 Å². The Morgan fingerprint density at radius 3 is 2.90 bits per heavy atom. The smallest absolute Gasteiger partial charge is 0.328 e. The molecule has 0 bridgehead atoms. The lowest BCUT2D eigenvalue weighted by Crippen LogP contribution is -2.28. The molecule has 2 heterocycles. The minimum Gasteiger partial charge on any atom is -0.478 e. The van der Waals surface area contributed by atoms with E-state index in [-0.39, 0.29) is 11.7 Å². The van der Waals surface area contributed by atoms with Crippen LogP contribution in [0.4, 0.5) is 0 Å². The number of aromatic nitrogens is 4. The highest BCUT2D eigenvalue weighted by atomic mass is 16.4. The van der Waals surface area contributed by atoms with Gasteiger partial charge in [-0.3, -0.25) is 14.9 Å². The number of carbonyl (C=O) groups is 2. The Hall–Kier alpha value is -3.03. The van der Waals surface area contributed by atoms with Crippen molar-refractivity contribution in [1.29, 1.82) is 0 Å². The van der Waals surface area contributed by atoms with Crippen molar-refractivity contribution in [3.8, 4) is 0 Å². The van der Waals surface area contributed by atoms with Crippen LogP contribution in [-0.4, -0.2) is 37.1 Å². The molecule has 1 unspecified atom stereocenters. The van der Waals surface area contributed by atoms with Gasteiger partial charge in [0.25, 0.3) is 5.91 Å². The predicted octanol–water partition coefficient (Wildman–Crippen LogP) is 0.788. The minimum atomic E-state index is -1.10. The number of hydrogen-bond acceptors (Lipinski definition) is 5. The zero-order valence-electron chi connectivity index (χ0n) is 11.1. The number of carboxylic acids is 1. The molecule has 0 aliphatic carbocycles. The van der Waals surface area contributed by atoms with E-state index in [1.807, 2.05) is 0 Å². The van der Waals surface area contributed by atoms with Crippen LogP contribution in [-0.2, 0) is 4.79 Å². The minimum absolute atomic E-state index is 0.140. The van der Waals surface area contributed by atoms with Crippen molar-refractivity contribution in [3.63, 3.8) is 0 Å². The van der Waals surface area contributed by atoms with Gasteiger partial charge in [-0.1, -0.05) is 6.07 Å². The van der Waals surface area contributed by atoms with Crippen LogP contribution in [0.1, 0.15) is 34.8 Å². The molecule has 21 heavy (non-hydrogen) atoms. The van der Waals surface area contributed by atoms with Crippen molar-refractivity contribution in [2.24, 2.45) is 0 Å². The summed E-state index contributed by atoms with van der Waals surface area (Å²) < 4.78 is 0. The maximum Gasteiger partial charge on any atom is 0.328 e. The first-order valence-corrected chi connectivity index (χ1v) is 6.10. The van der Waals surface area contributed by atoms with E-state index in [1.54, 1.807) is 19.1 Å². The number of carboxylic acid groups (broad SMARTS) is 1. The maximum atomic E-state index is 12.2. The number of carbonyl (C=O) groups excluding carboxylic acids is 1. The molecule has 0 spiro atoms. The first kappa shape index (κ1) is 14.4. The van der Waals surface area contributed by atoms with Crippen LogP contribution in [0.3, 0.4) is 0 Å². The number of aliphatic carboxylic acids is 1. The molecule has 0 fully saturated rings. The van der Waals surface area contributed by atoms with Gasteiger partial charge in [0.1, 0.15) is 17.8 Å². The molecule has 3 N–H and O–H groups in total. The summed E-state index contributed by atoms with van der Waals surface area (Å²) in [6.45, 7) is 1.74. The molecule has 2 aromatic heterocycles. The Labute approximate surface area is 119 Å². The molecule has 1 atom stereocenters. The zero-order chi connectivity index (χ0) is 15.2. The fraction of sp³-hybridized carbons (Fsp3) is 0.154. The molecular formula is C13H13N5O3. The molecule has 8 heteroatoms. The average Bonchev–Trinajstić information content (AvgIpc) is 2.99. The molecule has 1 amide bonds. The Kier molecular flexibility index (Phi) is 4.39. The number of hydrogen-bond donors (Lipinski definition) is 3. The van der Waals surface area contributed by atoms with Crippen molar-refractivity contribution >= 4 is 18.0 Å². The fourth-order valence-corrected chi connectivity index (χ4v) is 1.66. The van der Waals surface area contributed by atoms with E-state index in [4.69, 9.17) is 5.11 Å². The summed E-state index contributed by atoms with van der Waals surface area (Å²) in [5, 5.41) is 17.7. The summed E-state index contributed by atoms with van der Waals surface area (Å²) in [4.78, 5) is 30.7. The number of pyridine rings is 1. The Morgan fingerprint density at radius 2 is 2.24 bits per heavy atom. The van der Waals surface area contributed by atoms with Crippen molar-refractivity contribution in [1.82, 2.24) is 25.5 Å². The number of amides is 1. The molecule has 2 aromatic rings. The molecule has 2 rings (SSSR count). The van der Waals surface area contributed by atoms with E-state index >= 15 is 0 Å². The molecular weight excluding hydrogens is 274 g/mol. The van der Waals surface area contributed by atoms with Gasteiger partial charge in [0.15, 0.2) is 0 Å². The second-order valence-electron chi connectivity index (χ2n) is 4.18. The van der Waals surface area contributed by atoms with Gasteiger partial charge >= 0.3 is 5.97 Å². The standard InChI is InChI=1S/C13H13N5O3/c1-8(12-15-7-16-18-12)17-13(21)11-9(3-2-6-14-11)4-5-10(19)20/h2-8H,1H3,(H,17,21)(H,19,20)(H,15,16,18)/b5-4+. The number of nitrogens with one attached hydrogen (secondary N) is 2. The van der Waals surface area contributed by atoms with Crippen LogP contribution in [0.25, 0.3) is 6.08 Å². The summed E-state index contributed by atoms with van der Waals surface area (Å²) in [6, 6.07) is 2.86. The molecule has 0 aliphatic rings. The second-order valence-corrected chi connectivity index (χ2v) is 4.18. The highest BCUT2D eigenvalue weighted by molar-refractivity contribution is 5.97. The van der Waals surface area contributed by atoms with Crippen LogP contribution in [0.5, 0.6) is 0 Å². The number of aromatic amines is 1. The number of rotatable bonds is 5. The van der Waals surface area contributed by atoms with Gasteiger partial charge in [0.2, 0.25) is 0 Å². The normalized spacial score (nSPS) is 12.2. The van der Waals surface area contributed by atoms with Crippen molar-refractivity contribution in [2.75, 3.05) is 0 Å². The van der Waals surface area contributed by atoms with Gasteiger partial charge in [0, 0.05) is 17.8 Å². The zero-order valence-corrected chi connectivity index (χ0v) is 11.1. The average molecular weight is 287 g/mol. The van der Waals surface area contributed by atoms with Gasteiger partial charge in [-0.15, -0.1) is 0 Å². The van der Waals surface area contributed by atoms with E-state index in [9.17, 15) is 9.59 Å². The second kappa shape index (κ2) is 6.42. The first-order chi connectivity index (χ1) is 10.1. The molecule has 0 aromatic carbocycles. The third-order valence-corrected chi connectivity index (χ3v) is 2.65. The van der Waals surface area contributed by atoms with Gasteiger partial charge in [-0.2, -0.15) is 5.10 Å². The van der Waals surface area contributed by atoms with Crippen LogP contribution >= 0.6 is 0 Å². The number of H-pyrrole nitrogens is 1. The van der Waals surface area contributed by atoms with E-state index < -0.39 is 11.9 Å². The first-order valence-electron chi connectivity index (χ1n) is 6.10. The third kappa shape index (κ3) is 3.72. The van der Waals surface area contributed by atoms with Crippen molar-refractivity contribution in [2.45, 2.75) is 13.0 Å². The molecule has 0 aliphatic heterocycles. The largest absolute Gasteiger partial charge is 0.478 e. The lowest BCUT2D eigenvalue weighted by molar-refractivity contribution is -0.131. The quantitative estimate of drug-likeness (QED) is 0.699. The van der Waals surface area contributed by atoms with Crippen LogP contribution in [0.15, 0.2) is 30.7 Å². The van der Waals surface area contributed by atoms with Crippen molar-refractivity contribution < 1.29 is 14.7 Å². The van der Waals surface area contributed by atoms with Crippen LogP contribution in [0.2, 0.25) is 0 Å². The SMILES string of the molecule is CC(NC(=O)c1ncccc1/C=C/C(=O)O)c1ncn[nH]1. The lowest BCUT2D eigenvalue weighted by atomic mass is 10.1. The highest BCUT2D eigenvalue weighted by Crippen LogP contribution is 2.11. The van der Waals surface area contributed by atoms with Crippen molar-refractivity contribution in [3.05, 3.63) is 47.8 Å². The summed E-state index contributed by atoms with van der Waals surface area (Å²) in [6.07, 6.45) is 5.09. The highest BCUT2D eigenvalue weighted by Gasteiger charge is 2.16. The Bertz CT molecular complexity index is 666. The molecule has 0 saturated carbocycles. The summed E-state index contributed by atoms with van der Waals surface area (Å²) >= 11 is 0. The molecule has 0 saturated heterocycles. The maximum absolute atomic E-state index is 12.2. The summed E-state index contributed by atoms with van der Waals surface area (Å²) in [7, 11) is 0. The van der Waals surface area contributed by atoms with E-state index in [2.05, 4.69) is 25.5 Å². The Balaban J connectivity index is 2.17. The van der Waals surface area contributed by atoms with Gasteiger partial charge in [0.05, 0.1) is 6.04 Å². The lowest BCUT2D eigenvalue weighted by Gasteiger charge is -2.11. The summed E-state index contributed by atoms with van der Waals surface area (Å²) in [5.74, 6) is -1.01. The van der Waals surface area contributed by atoms with Crippen LogP contribution < -0.4 is 5.32 Å². The van der Waals surface area contributed by atoms with E-state index in [0.717, 1.165) is 6.08 Å². The van der Waals surface area contributed by atoms with E-state index in [1.165, 1.54) is 18.6 Å². The van der Waals surface area contributed by atoms with Crippen LogP contribution in [0, 0.1) is 0 Å².